The summed E-state index contributed by atoms with van der Waals surface area (Å²) in [6.07, 6.45) is 4.70. The van der Waals surface area contributed by atoms with Gasteiger partial charge in [-0.05, 0) is 24.1 Å². The highest BCUT2D eigenvalue weighted by molar-refractivity contribution is 5.91. The van der Waals surface area contributed by atoms with Gasteiger partial charge >= 0.3 is 11.9 Å². The number of carbonyl (C=O) groups excluding carboxylic acids is 2. The summed E-state index contributed by atoms with van der Waals surface area (Å²) in [6, 6.07) is 3.89. The first-order chi connectivity index (χ1) is 11.4. The van der Waals surface area contributed by atoms with E-state index in [0.29, 0.717) is 5.56 Å². The van der Waals surface area contributed by atoms with Crippen LogP contribution in [0.1, 0.15) is 35.7 Å². The third kappa shape index (κ3) is 6.95. The van der Waals surface area contributed by atoms with Crippen LogP contribution in [0.3, 0.4) is 0 Å². The molecular weight excluding hydrogens is 314 g/mol. The number of nitrogens with one attached hydrogen (secondary N) is 1. The molecule has 7 nitrogen and oxygen atoms in total. The zero-order valence-electron chi connectivity index (χ0n) is 13.4. The van der Waals surface area contributed by atoms with Crippen molar-refractivity contribution < 1.29 is 29.3 Å². The summed E-state index contributed by atoms with van der Waals surface area (Å²) in [7, 11) is 0. The van der Waals surface area contributed by atoms with Crippen molar-refractivity contribution in [2.45, 2.75) is 26.2 Å². The highest BCUT2D eigenvalue weighted by Crippen LogP contribution is 2.18. The Morgan fingerprint density at radius 3 is 2.67 bits per heavy atom. The average molecular weight is 335 g/mol. The van der Waals surface area contributed by atoms with Gasteiger partial charge in [0.1, 0.15) is 17.9 Å². The number of rotatable bonds is 9. The van der Waals surface area contributed by atoms with Gasteiger partial charge in [-0.2, -0.15) is 0 Å². The van der Waals surface area contributed by atoms with Crippen LogP contribution in [0.4, 0.5) is 0 Å². The maximum Gasteiger partial charge on any atom is 0.339 e. The number of carboxylic acids is 1. The number of hydrogen-bond acceptors (Lipinski definition) is 5. The van der Waals surface area contributed by atoms with E-state index in [1.807, 2.05) is 13.0 Å². The first kappa shape index (κ1) is 19.2. The molecular formula is C17H21NO6. The van der Waals surface area contributed by atoms with Gasteiger partial charge in [0.15, 0.2) is 0 Å². The molecule has 1 rings (SSSR count). The lowest BCUT2D eigenvalue weighted by atomic mass is 10.1. The molecule has 7 heteroatoms. The van der Waals surface area contributed by atoms with E-state index < -0.39 is 11.9 Å². The van der Waals surface area contributed by atoms with Crippen LogP contribution >= 0.6 is 0 Å². The van der Waals surface area contributed by atoms with Crippen LogP contribution in [0.25, 0.3) is 0 Å². The number of carbonyl (C=O) groups is 3. The van der Waals surface area contributed by atoms with Crippen molar-refractivity contribution in [3.05, 3.63) is 41.5 Å². The Hall–Kier alpha value is -2.83. The first-order valence-corrected chi connectivity index (χ1v) is 7.56. The number of allylic oxidation sites excluding steroid dienone is 1. The molecule has 0 aliphatic heterocycles. The molecule has 0 saturated carbocycles. The van der Waals surface area contributed by atoms with Crippen LogP contribution in [0.5, 0.6) is 5.75 Å². The number of ether oxygens (including phenoxy) is 1. The third-order valence-corrected chi connectivity index (χ3v) is 3.03. The summed E-state index contributed by atoms with van der Waals surface area (Å²) < 4.78 is 4.97. The topological polar surface area (TPSA) is 113 Å². The number of carboxylic acid groups (broad SMARTS) is 1. The lowest BCUT2D eigenvalue weighted by molar-refractivity contribution is -0.143. The van der Waals surface area contributed by atoms with Gasteiger partial charge < -0.3 is 20.3 Å². The standard InChI is InChI=1S/C17H21NO6/c1-2-3-4-5-15(20)18-8-9-24-16(21)11-12-6-7-14(19)13(10-12)17(22)23/h3-4,6-7,10,19H,2,5,8-9,11H2,1H3,(H,18,20)(H,22,23)/b4-3-. The van der Waals surface area contributed by atoms with Crippen LogP contribution < -0.4 is 5.32 Å². The molecule has 0 bridgehead atoms. The molecule has 130 valence electrons. The van der Waals surface area contributed by atoms with Crippen LogP contribution in [-0.4, -0.2) is 41.2 Å². The Kier molecular flexibility index (Phi) is 8.04. The van der Waals surface area contributed by atoms with Gasteiger partial charge in [-0.1, -0.05) is 25.1 Å². The van der Waals surface area contributed by atoms with E-state index in [4.69, 9.17) is 9.84 Å². The lowest BCUT2D eigenvalue weighted by Gasteiger charge is -2.07. The average Bonchev–Trinajstić information content (AvgIpc) is 2.53. The monoisotopic (exact) mass is 335 g/mol. The molecule has 1 aromatic rings. The normalized spacial score (nSPS) is 10.5. The van der Waals surface area contributed by atoms with Gasteiger partial charge in [-0.25, -0.2) is 4.79 Å². The Balaban J connectivity index is 2.34. The molecule has 1 amide bonds. The van der Waals surface area contributed by atoms with Gasteiger partial charge in [-0.15, -0.1) is 0 Å². The summed E-state index contributed by atoms with van der Waals surface area (Å²) in [5.41, 5.74) is 0.150. The van der Waals surface area contributed by atoms with Crippen molar-refractivity contribution in [3.63, 3.8) is 0 Å². The zero-order valence-corrected chi connectivity index (χ0v) is 13.4. The molecule has 0 fully saturated rings. The summed E-state index contributed by atoms with van der Waals surface area (Å²) in [4.78, 5) is 34.0. The SMILES string of the molecule is CC/C=C\CC(=O)NCCOC(=O)Cc1ccc(O)c(C(=O)O)c1. The number of aromatic hydroxyl groups is 1. The van der Waals surface area contributed by atoms with Crippen molar-refractivity contribution in [1.82, 2.24) is 5.32 Å². The van der Waals surface area contributed by atoms with Gasteiger partial charge in [-0.3, -0.25) is 9.59 Å². The second kappa shape index (κ2) is 10.0. The van der Waals surface area contributed by atoms with Crippen molar-refractivity contribution in [2.75, 3.05) is 13.2 Å². The van der Waals surface area contributed by atoms with Crippen molar-refractivity contribution in [1.29, 1.82) is 0 Å². The predicted octanol–water partition coefficient (Wildman–Crippen LogP) is 1.65. The Bertz CT molecular complexity index is 624. The lowest BCUT2D eigenvalue weighted by Crippen LogP contribution is -2.27. The molecule has 24 heavy (non-hydrogen) atoms. The minimum atomic E-state index is -1.28. The predicted molar refractivity (Wildman–Crippen MR) is 86.8 cm³/mol. The fourth-order valence-corrected chi connectivity index (χ4v) is 1.87. The molecule has 0 atom stereocenters. The van der Waals surface area contributed by atoms with E-state index in [-0.39, 0.29) is 43.2 Å². The second-order valence-electron chi connectivity index (χ2n) is 4.99. The van der Waals surface area contributed by atoms with Crippen molar-refractivity contribution >= 4 is 17.8 Å². The minimum Gasteiger partial charge on any atom is -0.507 e. The third-order valence-electron chi connectivity index (χ3n) is 3.03. The van der Waals surface area contributed by atoms with Gasteiger partial charge in [0.2, 0.25) is 5.91 Å². The van der Waals surface area contributed by atoms with Gasteiger partial charge in [0.25, 0.3) is 0 Å². The summed E-state index contributed by atoms with van der Waals surface area (Å²) in [6.45, 7) is 2.22. The van der Waals surface area contributed by atoms with E-state index >= 15 is 0 Å². The van der Waals surface area contributed by atoms with Crippen LogP contribution in [0, 0.1) is 0 Å². The zero-order chi connectivity index (χ0) is 17.9. The highest BCUT2D eigenvalue weighted by atomic mass is 16.5. The van der Waals surface area contributed by atoms with Gasteiger partial charge in [0, 0.05) is 6.42 Å². The van der Waals surface area contributed by atoms with Crippen molar-refractivity contribution in [2.24, 2.45) is 0 Å². The Morgan fingerprint density at radius 2 is 2.00 bits per heavy atom. The quantitative estimate of drug-likeness (QED) is 0.359. The fourth-order valence-electron chi connectivity index (χ4n) is 1.87. The van der Waals surface area contributed by atoms with E-state index in [0.717, 1.165) is 6.42 Å². The second-order valence-corrected chi connectivity index (χ2v) is 4.99. The molecule has 3 N–H and O–H groups in total. The Morgan fingerprint density at radius 1 is 1.25 bits per heavy atom. The van der Waals surface area contributed by atoms with Crippen LogP contribution in [0.2, 0.25) is 0 Å². The summed E-state index contributed by atoms with van der Waals surface area (Å²) in [5, 5.41) is 20.9. The molecule has 0 unspecified atom stereocenters. The summed E-state index contributed by atoms with van der Waals surface area (Å²) in [5.74, 6) is -2.33. The summed E-state index contributed by atoms with van der Waals surface area (Å²) >= 11 is 0. The van der Waals surface area contributed by atoms with E-state index in [1.54, 1.807) is 6.08 Å². The molecule has 0 aliphatic rings. The number of phenols is 1. The van der Waals surface area contributed by atoms with E-state index in [9.17, 15) is 19.5 Å². The maximum absolute atomic E-state index is 11.7. The maximum atomic E-state index is 11.7. The molecule has 0 aliphatic carbocycles. The Labute approximate surface area is 139 Å². The van der Waals surface area contributed by atoms with Crippen molar-refractivity contribution in [3.8, 4) is 5.75 Å². The molecule has 0 aromatic heterocycles. The minimum absolute atomic E-state index is 0.0337. The number of benzene rings is 1. The van der Waals surface area contributed by atoms with Crippen LogP contribution in [0.15, 0.2) is 30.4 Å². The van der Waals surface area contributed by atoms with E-state index in [2.05, 4.69) is 5.32 Å². The van der Waals surface area contributed by atoms with Crippen LogP contribution in [-0.2, 0) is 20.7 Å². The van der Waals surface area contributed by atoms with Gasteiger partial charge in [0.05, 0.1) is 13.0 Å². The smallest absolute Gasteiger partial charge is 0.339 e. The highest BCUT2D eigenvalue weighted by Gasteiger charge is 2.12. The largest absolute Gasteiger partial charge is 0.507 e. The number of esters is 1. The fraction of sp³-hybridized carbons (Fsp3) is 0.353. The molecule has 1 aromatic carbocycles. The molecule has 0 radical (unpaired) electrons. The molecule has 0 saturated heterocycles. The van der Waals surface area contributed by atoms with E-state index in [1.165, 1.54) is 18.2 Å². The molecule has 0 spiro atoms. The number of aromatic carboxylic acids is 1. The number of hydrogen-bond donors (Lipinski definition) is 3. The molecule has 0 heterocycles. The first-order valence-electron chi connectivity index (χ1n) is 7.56. The number of amides is 1.